The number of carbonyl (C=O) groups excluding carboxylic acids is 1. The highest BCUT2D eigenvalue weighted by atomic mass is 35.5. The number of amides is 1. The van der Waals surface area contributed by atoms with Crippen molar-refractivity contribution in [1.82, 2.24) is 0 Å². The third-order valence-corrected chi connectivity index (χ3v) is 4.47. The van der Waals surface area contributed by atoms with Crippen LogP contribution in [0.15, 0.2) is 36.4 Å². The number of aryl methyl sites for hydroxylation is 1. The number of hydrogen-bond donors (Lipinski definition) is 1. The minimum absolute atomic E-state index is 0.144. The van der Waals surface area contributed by atoms with Crippen molar-refractivity contribution in [2.45, 2.75) is 12.8 Å². The number of hydrogen-bond acceptors (Lipinski definition) is 2. The summed E-state index contributed by atoms with van der Waals surface area (Å²) in [5, 5.41) is 0.674. The molecule has 0 saturated heterocycles. The molecule has 1 amide bonds. The molecule has 0 atom stereocenters. The van der Waals surface area contributed by atoms with Crippen LogP contribution in [0.4, 0.5) is 11.4 Å². The Balaban J connectivity index is 2.04. The summed E-state index contributed by atoms with van der Waals surface area (Å²) in [6, 6.07) is 10.8. The SMILES string of the molecule is Nc1ccc2c(c1)N(C(=O)c1cccc(Cl)c1Cl)CCC2. The van der Waals surface area contributed by atoms with Crippen molar-refractivity contribution in [3.05, 3.63) is 57.6 Å². The van der Waals surface area contributed by atoms with Gasteiger partial charge >= 0.3 is 0 Å². The van der Waals surface area contributed by atoms with Crippen LogP contribution in [0.5, 0.6) is 0 Å². The molecule has 0 radical (unpaired) electrons. The van der Waals surface area contributed by atoms with Gasteiger partial charge in [0.2, 0.25) is 0 Å². The zero-order valence-electron chi connectivity index (χ0n) is 11.3. The van der Waals surface area contributed by atoms with E-state index in [0.717, 1.165) is 24.1 Å². The average molecular weight is 321 g/mol. The second-order valence-corrected chi connectivity index (χ2v) is 5.84. The Morgan fingerprint density at radius 2 is 2.00 bits per heavy atom. The molecule has 0 aliphatic carbocycles. The Morgan fingerprint density at radius 1 is 1.19 bits per heavy atom. The van der Waals surface area contributed by atoms with Gasteiger partial charge in [-0.25, -0.2) is 0 Å². The van der Waals surface area contributed by atoms with E-state index in [1.54, 1.807) is 23.1 Å². The molecule has 0 unspecified atom stereocenters. The summed E-state index contributed by atoms with van der Waals surface area (Å²) < 4.78 is 0. The van der Waals surface area contributed by atoms with E-state index in [2.05, 4.69) is 0 Å². The number of nitrogen functional groups attached to an aromatic ring is 1. The smallest absolute Gasteiger partial charge is 0.259 e. The van der Waals surface area contributed by atoms with E-state index in [-0.39, 0.29) is 5.91 Å². The zero-order valence-corrected chi connectivity index (χ0v) is 12.8. The Bertz CT molecular complexity index is 715. The minimum Gasteiger partial charge on any atom is -0.399 e. The normalized spacial score (nSPS) is 13.9. The van der Waals surface area contributed by atoms with Gasteiger partial charge in [-0.05, 0) is 42.7 Å². The lowest BCUT2D eigenvalue weighted by Gasteiger charge is -2.30. The maximum absolute atomic E-state index is 12.8. The second-order valence-electron chi connectivity index (χ2n) is 5.05. The van der Waals surface area contributed by atoms with E-state index in [1.165, 1.54) is 0 Å². The summed E-state index contributed by atoms with van der Waals surface area (Å²) in [5.41, 5.74) is 8.90. The van der Waals surface area contributed by atoms with E-state index >= 15 is 0 Å². The van der Waals surface area contributed by atoms with E-state index in [4.69, 9.17) is 28.9 Å². The lowest BCUT2D eigenvalue weighted by atomic mass is 10.00. The standard InChI is InChI=1S/C16H14Cl2N2O/c17-13-5-1-4-12(15(13)18)16(21)20-8-2-3-10-6-7-11(19)9-14(10)20/h1,4-7,9H,2-3,8,19H2. The first-order chi connectivity index (χ1) is 10.1. The molecule has 0 saturated carbocycles. The van der Waals surface area contributed by atoms with Gasteiger partial charge in [-0.3, -0.25) is 4.79 Å². The monoisotopic (exact) mass is 320 g/mol. The van der Waals surface area contributed by atoms with Crippen LogP contribution in [-0.4, -0.2) is 12.5 Å². The molecule has 0 fully saturated rings. The van der Waals surface area contributed by atoms with Gasteiger partial charge in [-0.15, -0.1) is 0 Å². The van der Waals surface area contributed by atoms with E-state index in [1.807, 2.05) is 18.2 Å². The number of nitrogens with zero attached hydrogens (tertiary/aromatic N) is 1. The maximum atomic E-state index is 12.8. The molecule has 1 heterocycles. The molecular weight excluding hydrogens is 307 g/mol. The molecule has 1 aliphatic rings. The van der Waals surface area contributed by atoms with Crippen molar-refractivity contribution < 1.29 is 4.79 Å². The van der Waals surface area contributed by atoms with Gasteiger partial charge in [0.05, 0.1) is 15.6 Å². The van der Waals surface area contributed by atoms with Crippen LogP contribution in [-0.2, 0) is 6.42 Å². The zero-order chi connectivity index (χ0) is 15.0. The molecule has 3 rings (SSSR count). The first kappa shape index (κ1) is 14.2. The van der Waals surface area contributed by atoms with Crippen LogP contribution in [0.3, 0.4) is 0 Å². The predicted octanol–water partition coefficient (Wildman–Crippen LogP) is 4.17. The van der Waals surface area contributed by atoms with Crippen molar-refractivity contribution in [2.24, 2.45) is 0 Å². The summed E-state index contributed by atoms with van der Waals surface area (Å²) >= 11 is 12.2. The number of carbonyl (C=O) groups is 1. The molecule has 2 aromatic rings. The first-order valence-corrected chi connectivity index (χ1v) is 7.48. The first-order valence-electron chi connectivity index (χ1n) is 6.72. The highest BCUT2D eigenvalue weighted by Crippen LogP contribution is 2.33. The third-order valence-electron chi connectivity index (χ3n) is 3.66. The Labute approximate surface area is 133 Å². The number of fused-ring (bicyclic) bond motifs is 1. The van der Waals surface area contributed by atoms with Crippen molar-refractivity contribution >= 4 is 40.5 Å². The van der Waals surface area contributed by atoms with Crippen LogP contribution >= 0.6 is 23.2 Å². The van der Waals surface area contributed by atoms with Crippen molar-refractivity contribution in [1.29, 1.82) is 0 Å². The fourth-order valence-electron chi connectivity index (χ4n) is 2.62. The Hall–Kier alpha value is -1.71. The Morgan fingerprint density at radius 3 is 2.81 bits per heavy atom. The summed E-state index contributed by atoms with van der Waals surface area (Å²) in [4.78, 5) is 14.5. The van der Waals surface area contributed by atoms with Gasteiger partial charge in [0.15, 0.2) is 0 Å². The molecule has 0 aromatic heterocycles. The van der Waals surface area contributed by atoms with Crippen LogP contribution in [0.2, 0.25) is 10.0 Å². The Kier molecular flexibility index (Phi) is 3.79. The molecule has 3 nitrogen and oxygen atoms in total. The number of anilines is 2. The van der Waals surface area contributed by atoms with Gasteiger partial charge < -0.3 is 10.6 Å². The molecule has 5 heteroatoms. The van der Waals surface area contributed by atoms with Crippen molar-refractivity contribution in [3.8, 4) is 0 Å². The average Bonchev–Trinajstić information content (AvgIpc) is 2.48. The van der Waals surface area contributed by atoms with Crippen LogP contribution in [0.25, 0.3) is 0 Å². The summed E-state index contributed by atoms with van der Waals surface area (Å²) in [7, 11) is 0. The van der Waals surface area contributed by atoms with Gasteiger partial charge in [-0.1, -0.05) is 35.3 Å². The van der Waals surface area contributed by atoms with E-state index < -0.39 is 0 Å². The van der Waals surface area contributed by atoms with Gasteiger partial charge in [0.25, 0.3) is 5.91 Å². The van der Waals surface area contributed by atoms with E-state index in [0.29, 0.717) is 27.8 Å². The van der Waals surface area contributed by atoms with Crippen molar-refractivity contribution in [2.75, 3.05) is 17.2 Å². The second kappa shape index (κ2) is 5.58. The van der Waals surface area contributed by atoms with Gasteiger partial charge in [-0.2, -0.15) is 0 Å². The van der Waals surface area contributed by atoms with Crippen LogP contribution in [0, 0.1) is 0 Å². The van der Waals surface area contributed by atoms with Gasteiger partial charge in [0.1, 0.15) is 0 Å². The molecule has 0 bridgehead atoms. The summed E-state index contributed by atoms with van der Waals surface area (Å²) in [5.74, 6) is -0.144. The molecule has 21 heavy (non-hydrogen) atoms. The molecule has 1 aliphatic heterocycles. The molecule has 0 spiro atoms. The van der Waals surface area contributed by atoms with E-state index in [9.17, 15) is 4.79 Å². The highest BCUT2D eigenvalue weighted by Gasteiger charge is 2.25. The number of rotatable bonds is 1. The fourth-order valence-corrected chi connectivity index (χ4v) is 3.00. The van der Waals surface area contributed by atoms with Crippen LogP contribution < -0.4 is 10.6 Å². The topological polar surface area (TPSA) is 46.3 Å². The summed E-state index contributed by atoms with van der Waals surface area (Å²) in [6.45, 7) is 0.651. The lowest BCUT2D eigenvalue weighted by Crippen LogP contribution is -2.35. The fraction of sp³-hybridized carbons (Fsp3) is 0.188. The number of halogens is 2. The van der Waals surface area contributed by atoms with Gasteiger partial charge in [0, 0.05) is 17.9 Å². The quantitative estimate of drug-likeness (QED) is 0.801. The molecule has 2 N–H and O–H groups in total. The lowest BCUT2D eigenvalue weighted by molar-refractivity contribution is 0.0985. The largest absolute Gasteiger partial charge is 0.399 e. The van der Waals surface area contributed by atoms with Crippen LogP contribution in [0.1, 0.15) is 22.3 Å². The van der Waals surface area contributed by atoms with Crippen molar-refractivity contribution in [3.63, 3.8) is 0 Å². The predicted molar refractivity (Wildman–Crippen MR) is 87.3 cm³/mol. The third kappa shape index (κ3) is 2.59. The highest BCUT2D eigenvalue weighted by molar-refractivity contribution is 6.44. The molecule has 2 aromatic carbocycles. The molecule has 108 valence electrons. The molecular formula is C16H14Cl2N2O. The number of nitrogens with two attached hydrogens (primary N) is 1. The summed E-state index contributed by atoms with van der Waals surface area (Å²) in [6.07, 6.45) is 1.86. The number of benzene rings is 2. The minimum atomic E-state index is -0.144. The maximum Gasteiger partial charge on any atom is 0.259 e.